The van der Waals surface area contributed by atoms with Crippen molar-refractivity contribution in [2.75, 3.05) is 27.2 Å². The fourth-order valence-electron chi connectivity index (χ4n) is 2.68. The highest BCUT2D eigenvalue weighted by Crippen LogP contribution is 2.15. The average Bonchev–Trinajstić information content (AvgIpc) is 2.85. The third kappa shape index (κ3) is 5.38. The normalized spacial score (nSPS) is 20.4. The summed E-state index contributed by atoms with van der Waals surface area (Å²) in [6.07, 6.45) is 1.26. The zero-order valence-corrected chi connectivity index (χ0v) is 14.2. The van der Waals surface area contributed by atoms with Gasteiger partial charge in [0.15, 0.2) is 0 Å². The van der Waals surface area contributed by atoms with Gasteiger partial charge in [-0.25, -0.2) is 0 Å². The van der Waals surface area contributed by atoms with Crippen molar-refractivity contribution in [3.05, 3.63) is 29.6 Å². The molecule has 1 unspecified atom stereocenters. The highest BCUT2D eigenvalue weighted by atomic mass is 15.2. The molecule has 0 saturated carbocycles. The number of hydrogen-bond acceptors (Lipinski definition) is 4. The second-order valence-corrected chi connectivity index (χ2v) is 7.37. The number of nitrogens with zero attached hydrogens (tertiary/aromatic N) is 3. The molecule has 1 fully saturated rings. The molecule has 4 nitrogen and oxygen atoms in total. The fraction of sp³-hybridized carbons (Fsp3) is 0.706. The van der Waals surface area contributed by atoms with Crippen LogP contribution in [0, 0.1) is 0 Å². The van der Waals surface area contributed by atoms with Gasteiger partial charge < -0.3 is 10.2 Å². The van der Waals surface area contributed by atoms with E-state index in [2.05, 4.69) is 68.2 Å². The molecule has 1 aromatic heterocycles. The van der Waals surface area contributed by atoms with E-state index in [1.807, 2.05) is 0 Å². The first kappa shape index (κ1) is 16.4. The third-order valence-corrected chi connectivity index (χ3v) is 4.03. The van der Waals surface area contributed by atoms with Crippen LogP contribution in [0.25, 0.3) is 0 Å². The van der Waals surface area contributed by atoms with Crippen LogP contribution in [0.3, 0.4) is 0 Å². The second-order valence-electron chi connectivity index (χ2n) is 7.37. The lowest BCUT2D eigenvalue weighted by Crippen LogP contribution is -2.35. The van der Waals surface area contributed by atoms with Crippen LogP contribution in [0.5, 0.6) is 0 Å². The van der Waals surface area contributed by atoms with Gasteiger partial charge in [-0.1, -0.05) is 6.07 Å². The molecule has 1 aromatic rings. The molecule has 1 atom stereocenters. The van der Waals surface area contributed by atoms with Crippen molar-refractivity contribution >= 4 is 0 Å². The van der Waals surface area contributed by atoms with Crippen LogP contribution in [0.15, 0.2) is 18.2 Å². The average molecular weight is 290 g/mol. The monoisotopic (exact) mass is 290 g/mol. The predicted octanol–water partition coefficient (Wildman–Crippen LogP) is 2.11. The topological polar surface area (TPSA) is 31.4 Å². The Kier molecular flexibility index (Phi) is 5.36. The molecule has 0 radical (unpaired) electrons. The minimum absolute atomic E-state index is 0.131. The number of likely N-dealkylation sites (tertiary alicyclic amines) is 1. The van der Waals surface area contributed by atoms with E-state index in [1.54, 1.807) is 0 Å². The Hall–Kier alpha value is -0.970. The molecule has 0 bridgehead atoms. The zero-order valence-electron chi connectivity index (χ0n) is 14.2. The lowest BCUT2D eigenvalue weighted by atomic mass is 10.1. The molecule has 4 heteroatoms. The van der Waals surface area contributed by atoms with Crippen molar-refractivity contribution in [3.63, 3.8) is 0 Å². The van der Waals surface area contributed by atoms with Crippen molar-refractivity contribution in [2.24, 2.45) is 0 Å². The van der Waals surface area contributed by atoms with Crippen molar-refractivity contribution < 1.29 is 0 Å². The summed E-state index contributed by atoms with van der Waals surface area (Å²) in [5.41, 5.74) is 2.44. The van der Waals surface area contributed by atoms with Gasteiger partial charge in [0.1, 0.15) is 0 Å². The predicted molar refractivity (Wildman–Crippen MR) is 88.2 cm³/mol. The van der Waals surface area contributed by atoms with E-state index in [0.29, 0.717) is 6.04 Å². The summed E-state index contributed by atoms with van der Waals surface area (Å²) in [6.45, 7) is 10.7. The first-order valence-electron chi connectivity index (χ1n) is 7.92. The largest absolute Gasteiger partial charge is 0.306 e. The van der Waals surface area contributed by atoms with E-state index in [-0.39, 0.29) is 5.54 Å². The van der Waals surface area contributed by atoms with Gasteiger partial charge in [0.05, 0.1) is 11.4 Å². The maximum atomic E-state index is 4.79. The smallest absolute Gasteiger partial charge is 0.0547 e. The molecule has 1 saturated heterocycles. The Bertz CT molecular complexity index is 450. The molecule has 0 aromatic carbocycles. The molecular formula is C17H30N4. The fourth-order valence-corrected chi connectivity index (χ4v) is 2.68. The minimum Gasteiger partial charge on any atom is -0.306 e. The molecule has 0 amide bonds. The van der Waals surface area contributed by atoms with Crippen molar-refractivity contribution in [3.8, 4) is 0 Å². The van der Waals surface area contributed by atoms with Crippen LogP contribution >= 0.6 is 0 Å². The third-order valence-electron chi connectivity index (χ3n) is 4.03. The Balaban J connectivity index is 1.89. The van der Waals surface area contributed by atoms with Crippen molar-refractivity contribution in [1.29, 1.82) is 0 Å². The molecule has 1 aliphatic rings. The van der Waals surface area contributed by atoms with Gasteiger partial charge in [-0.2, -0.15) is 0 Å². The van der Waals surface area contributed by atoms with E-state index >= 15 is 0 Å². The van der Waals surface area contributed by atoms with Crippen molar-refractivity contribution in [1.82, 2.24) is 20.1 Å². The van der Waals surface area contributed by atoms with E-state index in [0.717, 1.165) is 25.3 Å². The first-order chi connectivity index (χ1) is 9.83. The van der Waals surface area contributed by atoms with Gasteiger partial charge in [-0.3, -0.25) is 9.88 Å². The second kappa shape index (κ2) is 6.86. The van der Waals surface area contributed by atoms with Gasteiger partial charge in [0.2, 0.25) is 0 Å². The highest BCUT2D eigenvalue weighted by molar-refractivity contribution is 5.11. The summed E-state index contributed by atoms with van der Waals surface area (Å²) in [6, 6.07) is 7.07. The van der Waals surface area contributed by atoms with Crippen molar-refractivity contribution in [2.45, 2.75) is 51.9 Å². The number of aromatic nitrogens is 1. The lowest BCUT2D eigenvalue weighted by Gasteiger charge is -2.21. The van der Waals surface area contributed by atoms with Crippen LogP contribution in [0.1, 0.15) is 38.6 Å². The number of pyridine rings is 1. The molecular weight excluding hydrogens is 260 g/mol. The number of rotatable bonds is 5. The molecule has 1 aliphatic heterocycles. The quantitative estimate of drug-likeness (QED) is 0.900. The number of nitrogens with one attached hydrogen (secondary N) is 1. The molecule has 1 N–H and O–H groups in total. The molecule has 0 spiro atoms. The zero-order chi connectivity index (χ0) is 15.5. The van der Waals surface area contributed by atoms with Gasteiger partial charge in [-0.15, -0.1) is 0 Å². The van der Waals surface area contributed by atoms with Crippen LogP contribution in [-0.2, 0) is 13.1 Å². The summed E-state index contributed by atoms with van der Waals surface area (Å²) >= 11 is 0. The van der Waals surface area contributed by atoms with E-state index in [1.165, 1.54) is 18.7 Å². The Labute approximate surface area is 129 Å². The van der Waals surface area contributed by atoms with Crippen LogP contribution in [0.4, 0.5) is 0 Å². The van der Waals surface area contributed by atoms with Gasteiger partial charge in [-0.05, 0) is 53.4 Å². The van der Waals surface area contributed by atoms with E-state index in [9.17, 15) is 0 Å². The molecule has 21 heavy (non-hydrogen) atoms. The van der Waals surface area contributed by atoms with Crippen LogP contribution < -0.4 is 5.32 Å². The Morgan fingerprint density at radius 3 is 2.62 bits per heavy atom. The summed E-state index contributed by atoms with van der Waals surface area (Å²) in [4.78, 5) is 9.63. The van der Waals surface area contributed by atoms with Gasteiger partial charge >= 0.3 is 0 Å². The SMILES string of the molecule is CN(C)C1CCN(Cc2cccc(CNC(C)(C)C)n2)C1. The Morgan fingerprint density at radius 1 is 1.29 bits per heavy atom. The molecule has 2 heterocycles. The van der Waals surface area contributed by atoms with Gasteiger partial charge in [0.25, 0.3) is 0 Å². The molecule has 2 rings (SSSR count). The number of hydrogen-bond donors (Lipinski definition) is 1. The first-order valence-corrected chi connectivity index (χ1v) is 7.92. The summed E-state index contributed by atoms with van der Waals surface area (Å²) in [5.74, 6) is 0. The van der Waals surface area contributed by atoms with Crippen LogP contribution in [0.2, 0.25) is 0 Å². The van der Waals surface area contributed by atoms with E-state index < -0.39 is 0 Å². The maximum absolute atomic E-state index is 4.79. The standard InChI is InChI=1S/C17H30N4/c1-17(2,3)18-11-14-7-6-8-15(19-14)12-21-10-9-16(13-21)20(4)5/h6-8,16,18H,9-13H2,1-5H3. The van der Waals surface area contributed by atoms with E-state index in [4.69, 9.17) is 4.98 Å². The Morgan fingerprint density at radius 2 is 2.00 bits per heavy atom. The minimum atomic E-state index is 0.131. The van der Waals surface area contributed by atoms with Crippen LogP contribution in [-0.4, -0.2) is 53.5 Å². The molecule has 0 aliphatic carbocycles. The van der Waals surface area contributed by atoms with Gasteiger partial charge in [0, 0.05) is 37.8 Å². The summed E-state index contributed by atoms with van der Waals surface area (Å²) in [5, 5.41) is 3.50. The number of likely N-dealkylation sites (N-methyl/N-ethyl adjacent to an activating group) is 1. The summed E-state index contributed by atoms with van der Waals surface area (Å²) < 4.78 is 0. The highest BCUT2D eigenvalue weighted by Gasteiger charge is 2.24. The summed E-state index contributed by atoms with van der Waals surface area (Å²) in [7, 11) is 4.34. The molecule has 118 valence electrons. The maximum Gasteiger partial charge on any atom is 0.0547 e. The lowest BCUT2D eigenvalue weighted by molar-refractivity contribution is 0.263.